The number of hydrogen-bond donors (Lipinski definition) is 0. The molecule has 0 radical (unpaired) electrons. The van der Waals surface area contributed by atoms with Crippen molar-refractivity contribution in [3.05, 3.63) is 193 Å². The van der Waals surface area contributed by atoms with Crippen LogP contribution in [0, 0.1) is 0 Å². The standard InChI is InChI=1S/C61H64N2/c1-3-5-7-9-11-23-43-61(44-24-12-10-8-6-4-2)57-45-51(62(49-31-15-13-16-32-49)59-37-25-29-47-27-19-21-35-53(47)59)39-41-55(57)56-42-40-52(46-58(56)61)63(50-33-17-14-18-34-50)60-38-26-30-48-28-20-22-36-54(48)60/h13-22,25-42,45-46H,3-12,23-24,43-44H2,1-2H3. The first-order valence-corrected chi connectivity index (χ1v) is 24.2. The minimum atomic E-state index is -0.117. The molecule has 9 rings (SSSR count). The largest absolute Gasteiger partial charge is 0.310 e. The van der Waals surface area contributed by atoms with E-state index in [1.807, 2.05) is 0 Å². The van der Waals surface area contributed by atoms with Crippen LogP contribution in [0.2, 0.25) is 0 Å². The molecule has 1 aliphatic rings. The highest BCUT2D eigenvalue weighted by Crippen LogP contribution is 2.57. The van der Waals surface area contributed by atoms with Crippen molar-refractivity contribution in [2.24, 2.45) is 0 Å². The lowest BCUT2D eigenvalue weighted by molar-refractivity contribution is 0.398. The molecule has 0 heterocycles. The molecule has 318 valence electrons. The summed E-state index contributed by atoms with van der Waals surface area (Å²) in [6.45, 7) is 4.65. The molecule has 0 saturated carbocycles. The molecule has 0 saturated heterocycles. The zero-order valence-corrected chi connectivity index (χ0v) is 37.6. The molecule has 0 bridgehead atoms. The fourth-order valence-electron chi connectivity index (χ4n) is 10.6. The van der Waals surface area contributed by atoms with Crippen LogP contribution in [0.15, 0.2) is 182 Å². The molecule has 0 N–H and O–H groups in total. The van der Waals surface area contributed by atoms with Crippen LogP contribution in [0.4, 0.5) is 34.1 Å². The van der Waals surface area contributed by atoms with E-state index in [1.165, 1.54) is 155 Å². The Labute approximate surface area is 377 Å². The number of nitrogens with zero attached hydrogens (tertiary/aromatic N) is 2. The smallest absolute Gasteiger partial charge is 0.0540 e. The molecule has 0 amide bonds. The lowest BCUT2D eigenvalue weighted by atomic mass is 9.70. The van der Waals surface area contributed by atoms with Gasteiger partial charge in [-0.15, -0.1) is 0 Å². The van der Waals surface area contributed by atoms with Gasteiger partial charge in [0.25, 0.3) is 0 Å². The maximum atomic E-state index is 2.61. The summed E-state index contributed by atoms with van der Waals surface area (Å²) < 4.78 is 0. The van der Waals surface area contributed by atoms with Gasteiger partial charge in [0.2, 0.25) is 0 Å². The fourth-order valence-corrected chi connectivity index (χ4v) is 10.6. The van der Waals surface area contributed by atoms with Gasteiger partial charge in [-0.3, -0.25) is 0 Å². The van der Waals surface area contributed by atoms with Crippen LogP contribution < -0.4 is 9.80 Å². The Morgan fingerprint density at radius 2 is 0.714 bits per heavy atom. The lowest BCUT2D eigenvalue weighted by Gasteiger charge is -2.35. The van der Waals surface area contributed by atoms with Gasteiger partial charge in [0.05, 0.1) is 11.4 Å². The van der Waals surface area contributed by atoms with Crippen molar-refractivity contribution in [2.75, 3.05) is 9.80 Å². The second-order valence-electron chi connectivity index (χ2n) is 17.9. The van der Waals surface area contributed by atoms with Gasteiger partial charge in [-0.05, 0) is 107 Å². The quantitative estimate of drug-likeness (QED) is 0.0707. The third-order valence-electron chi connectivity index (χ3n) is 13.8. The highest BCUT2D eigenvalue weighted by atomic mass is 15.1. The summed E-state index contributed by atoms with van der Waals surface area (Å²) >= 11 is 0. The molecule has 2 heteroatoms. The molecule has 0 aromatic heterocycles. The SMILES string of the molecule is CCCCCCCCC1(CCCCCCCC)c2cc(N(c3ccccc3)c3cccc4ccccc34)ccc2-c2ccc(N(c3ccccc3)c3cccc4ccccc34)cc21. The van der Waals surface area contributed by atoms with Gasteiger partial charge in [0, 0.05) is 38.9 Å². The third-order valence-corrected chi connectivity index (χ3v) is 13.8. The Hall–Kier alpha value is -6.12. The van der Waals surface area contributed by atoms with Crippen molar-refractivity contribution in [2.45, 2.75) is 109 Å². The van der Waals surface area contributed by atoms with Gasteiger partial charge in [-0.2, -0.15) is 0 Å². The Morgan fingerprint density at radius 1 is 0.333 bits per heavy atom. The second-order valence-corrected chi connectivity index (χ2v) is 17.9. The van der Waals surface area contributed by atoms with E-state index in [4.69, 9.17) is 0 Å². The minimum absolute atomic E-state index is 0.117. The van der Waals surface area contributed by atoms with Gasteiger partial charge in [-0.1, -0.05) is 212 Å². The summed E-state index contributed by atoms with van der Waals surface area (Å²) in [5.74, 6) is 0. The van der Waals surface area contributed by atoms with Crippen LogP contribution in [0.25, 0.3) is 32.7 Å². The number of hydrogen-bond acceptors (Lipinski definition) is 2. The number of unbranched alkanes of at least 4 members (excludes halogenated alkanes) is 10. The Morgan fingerprint density at radius 3 is 1.16 bits per heavy atom. The van der Waals surface area contributed by atoms with Crippen LogP contribution in [-0.4, -0.2) is 0 Å². The van der Waals surface area contributed by atoms with Crippen LogP contribution in [-0.2, 0) is 5.41 Å². The van der Waals surface area contributed by atoms with Gasteiger partial charge >= 0.3 is 0 Å². The van der Waals surface area contributed by atoms with Crippen molar-refractivity contribution in [1.82, 2.24) is 0 Å². The average molecular weight is 825 g/mol. The molecule has 63 heavy (non-hydrogen) atoms. The fraction of sp³-hybridized carbons (Fsp3) is 0.279. The first-order valence-electron chi connectivity index (χ1n) is 24.2. The molecule has 8 aromatic rings. The molecule has 0 spiro atoms. The molecule has 0 aliphatic heterocycles. The van der Waals surface area contributed by atoms with E-state index in [9.17, 15) is 0 Å². The summed E-state index contributed by atoms with van der Waals surface area (Å²) in [7, 11) is 0. The first-order chi connectivity index (χ1) is 31.2. The van der Waals surface area contributed by atoms with Crippen molar-refractivity contribution >= 4 is 55.7 Å². The predicted molar refractivity (Wildman–Crippen MR) is 273 cm³/mol. The monoisotopic (exact) mass is 825 g/mol. The van der Waals surface area contributed by atoms with Crippen LogP contribution in [0.1, 0.15) is 115 Å². The highest BCUT2D eigenvalue weighted by Gasteiger charge is 2.43. The summed E-state index contributed by atoms with van der Waals surface area (Å²) in [4.78, 5) is 5.02. The van der Waals surface area contributed by atoms with E-state index in [-0.39, 0.29) is 5.41 Å². The van der Waals surface area contributed by atoms with Gasteiger partial charge in [-0.25, -0.2) is 0 Å². The van der Waals surface area contributed by atoms with E-state index in [1.54, 1.807) is 0 Å². The number of para-hydroxylation sites is 2. The minimum Gasteiger partial charge on any atom is -0.310 e. The molecule has 0 fully saturated rings. The van der Waals surface area contributed by atoms with E-state index in [0.717, 1.165) is 12.8 Å². The maximum Gasteiger partial charge on any atom is 0.0540 e. The molecule has 0 unspecified atom stereocenters. The topological polar surface area (TPSA) is 6.48 Å². The van der Waals surface area contributed by atoms with Crippen molar-refractivity contribution in [3.8, 4) is 11.1 Å². The van der Waals surface area contributed by atoms with Crippen molar-refractivity contribution in [1.29, 1.82) is 0 Å². The third kappa shape index (κ3) is 8.79. The number of anilines is 6. The number of fused-ring (bicyclic) bond motifs is 5. The first kappa shape index (κ1) is 42.2. The summed E-state index contributed by atoms with van der Waals surface area (Å²) in [6, 6.07) is 68.1. The van der Waals surface area contributed by atoms with Gasteiger partial charge in [0.1, 0.15) is 0 Å². The summed E-state index contributed by atoms with van der Waals surface area (Å²) in [5.41, 5.74) is 12.9. The van der Waals surface area contributed by atoms with E-state index in [0.29, 0.717) is 0 Å². The maximum absolute atomic E-state index is 2.61. The molecule has 0 atom stereocenters. The Bertz CT molecular complexity index is 2530. The van der Waals surface area contributed by atoms with E-state index >= 15 is 0 Å². The number of rotatable bonds is 20. The molecule has 1 aliphatic carbocycles. The van der Waals surface area contributed by atoms with Gasteiger partial charge in [0.15, 0.2) is 0 Å². The second kappa shape index (κ2) is 19.9. The zero-order chi connectivity index (χ0) is 42.9. The predicted octanol–water partition coefficient (Wildman–Crippen LogP) is 18.7. The van der Waals surface area contributed by atoms with Crippen molar-refractivity contribution in [3.63, 3.8) is 0 Å². The molecule has 8 aromatic carbocycles. The Balaban J connectivity index is 1.23. The lowest BCUT2D eigenvalue weighted by Crippen LogP contribution is -2.26. The van der Waals surface area contributed by atoms with E-state index < -0.39 is 0 Å². The average Bonchev–Trinajstić information content (AvgIpc) is 3.60. The Kier molecular flexibility index (Phi) is 13.4. The number of benzene rings is 8. The van der Waals surface area contributed by atoms with Gasteiger partial charge < -0.3 is 9.80 Å². The van der Waals surface area contributed by atoms with Crippen LogP contribution in [0.5, 0.6) is 0 Å². The summed E-state index contributed by atoms with van der Waals surface area (Å²) in [6.07, 6.45) is 17.8. The molecular formula is C61H64N2. The summed E-state index contributed by atoms with van der Waals surface area (Å²) in [5, 5.41) is 5.03. The normalized spacial score (nSPS) is 12.7. The zero-order valence-electron chi connectivity index (χ0n) is 37.6. The molecule has 2 nitrogen and oxygen atoms in total. The highest BCUT2D eigenvalue weighted by molar-refractivity contribution is 6.01. The van der Waals surface area contributed by atoms with E-state index in [2.05, 4.69) is 206 Å². The molecular weight excluding hydrogens is 761 g/mol. The van der Waals surface area contributed by atoms with Crippen LogP contribution >= 0.6 is 0 Å². The van der Waals surface area contributed by atoms with Crippen LogP contribution in [0.3, 0.4) is 0 Å². The van der Waals surface area contributed by atoms with Crippen molar-refractivity contribution < 1.29 is 0 Å².